The molecule has 0 aromatic carbocycles. The highest BCUT2D eigenvalue weighted by Gasteiger charge is 2.15. The molecule has 0 aromatic rings. The lowest BCUT2D eigenvalue weighted by Crippen LogP contribution is -2.44. The summed E-state index contributed by atoms with van der Waals surface area (Å²) in [5.41, 5.74) is 5.01. The highest BCUT2D eigenvalue weighted by Crippen LogP contribution is 1.91. The van der Waals surface area contributed by atoms with Crippen molar-refractivity contribution in [2.45, 2.75) is 32.7 Å². The molecule has 1 atom stereocenters. The maximum absolute atomic E-state index is 10.9. The third-order valence-electron chi connectivity index (χ3n) is 1.48. The van der Waals surface area contributed by atoms with Crippen molar-refractivity contribution in [1.29, 1.82) is 0 Å². The molecule has 0 aliphatic heterocycles. The number of nitrogens with two attached hydrogens (primary N) is 1. The average molecular weight is 188 g/mol. The van der Waals surface area contributed by atoms with Crippen LogP contribution in [0.5, 0.6) is 0 Å². The molecule has 76 valence electrons. The van der Waals surface area contributed by atoms with E-state index in [1.165, 1.54) is 0 Å². The standard InChI is InChI=1S/C8H16N2O3/c1-3-5-13-8(12)10-6(4-2)7(9)11/h6H,3-5H2,1-2H3,(H2,9,11)(H,10,12). The van der Waals surface area contributed by atoms with Crippen LogP contribution in [0.1, 0.15) is 26.7 Å². The fraction of sp³-hybridized carbons (Fsp3) is 0.750. The molecule has 3 N–H and O–H groups in total. The Morgan fingerprint density at radius 1 is 1.46 bits per heavy atom. The maximum Gasteiger partial charge on any atom is 0.407 e. The van der Waals surface area contributed by atoms with E-state index in [2.05, 4.69) is 5.32 Å². The third kappa shape index (κ3) is 5.05. The lowest BCUT2D eigenvalue weighted by molar-refractivity contribution is -0.120. The second kappa shape index (κ2) is 6.28. The van der Waals surface area contributed by atoms with Crippen LogP contribution in [0.2, 0.25) is 0 Å². The summed E-state index contributed by atoms with van der Waals surface area (Å²) in [6, 6.07) is -0.635. The molecule has 0 spiro atoms. The Morgan fingerprint density at radius 2 is 2.08 bits per heavy atom. The minimum atomic E-state index is -0.635. The molecule has 0 aromatic heterocycles. The van der Waals surface area contributed by atoms with Gasteiger partial charge in [0.2, 0.25) is 5.91 Å². The molecule has 5 nitrogen and oxygen atoms in total. The number of amides is 2. The SMILES string of the molecule is CCCOC(=O)NC(CC)C(N)=O. The van der Waals surface area contributed by atoms with Crippen LogP contribution in [0.4, 0.5) is 4.79 Å². The molecule has 1 unspecified atom stereocenters. The average Bonchev–Trinajstić information content (AvgIpc) is 2.10. The molecule has 0 aliphatic carbocycles. The zero-order valence-corrected chi connectivity index (χ0v) is 8.00. The topological polar surface area (TPSA) is 81.4 Å². The minimum absolute atomic E-state index is 0.348. The lowest BCUT2D eigenvalue weighted by atomic mass is 10.2. The summed E-state index contributed by atoms with van der Waals surface area (Å²) < 4.78 is 4.72. The first kappa shape index (κ1) is 11.7. The van der Waals surface area contributed by atoms with Gasteiger partial charge < -0.3 is 15.8 Å². The largest absolute Gasteiger partial charge is 0.450 e. The molecule has 0 rings (SSSR count). The van der Waals surface area contributed by atoms with E-state index < -0.39 is 18.0 Å². The van der Waals surface area contributed by atoms with Crippen molar-refractivity contribution >= 4 is 12.0 Å². The fourth-order valence-electron chi connectivity index (χ4n) is 0.753. The van der Waals surface area contributed by atoms with E-state index in [1.807, 2.05) is 6.92 Å². The number of hydrogen-bond acceptors (Lipinski definition) is 3. The number of nitrogens with one attached hydrogen (secondary N) is 1. The number of primary amides is 1. The van der Waals surface area contributed by atoms with E-state index in [0.29, 0.717) is 13.0 Å². The summed E-state index contributed by atoms with van der Waals surface area (Å²) in [6.07, 6.45) is 0.629. The van der Waals surface area contributed by atoms with Crippen LogP contribution in [-0.2, 0) is 9.53 Å². The molecule has 2 amide bonds. The third-order valence-corrected chi connectivity index (χ3v) is 1.48. The van der Waals surface area contributed by atoms with Crippen molar-refractivity contribution < 1.29 is 14.3 Å². The molecule has 0 bridgehead atoms. The van der Waals surface area contributed by atoms with Crippen molar-refractivity contribution in [2.75, 3.05) is 6.61 Å². The summed E-state index contributed by atoms with van der Waals surface area (Å²) in [7, 11) is 0. The highest BCUT2D eigenvalue weighted by atomic mass is 16.5. The first-order valence-electron chi connectivity index (χ1n) is 4.34. The monoisotopic (exact) mass is 188 g/mol. The quantitative estimate of drug-likeness (QED) is 0.654. The number of rotatable bonds is 5. The molecule has 5 heteroatoms. The van der Waals surface area contributed by atoms with Crippen molar-refractivity contribution in [3.05, 3.63) is 0 Å². The van der Waals surface area contributed by atoms with Gasteiger partial charge in [-0.3, -0.25) is 4.79 Å². The summed E-state index contributed by atoms with van der Waals surface area (Å²) >= 11 is 0. The Hall–Kier alpha value is -1.26. The van der Waals surface area contributed by atoms with Crippen LogP contribution in [0.15, 0.2) is 0 Å². The van der Waals surface area contributed by atoms with Gasteiger partial charge >= 0.3 is 6.09 Å². The van der Waals surface area contributed by atoms with Gasteiger partial charge in [-0.25, -0.2) is 4.79 Å². The molecule has 13 heavy (non-hydrogen) atoms. The van der Waals surface area contributed by atoms with E-state index in [1.54, 1.807) is 6.92 Å². The second-order valence-corrected chi connectivity index (χ2v) is 2.64. The predicted molar refractivity (Wildman–Crippen MR) is 48.0 cm³/mol. The van der Waals surface area contributed by atoms with Crippen LogP contribution in [0.25, 0.3) is 0 Å². The maximum atomic E-state index is 10.9. The molecule has 0 saturated carbocycles. The van der Waals surface area contributed by atoms with Crippen molar-refractivity contribution in [2.24, 2.45) is 5.73 Å². The lowest BCUT2D eigenvalue weighted by Gasteiger charge is -2.12. The van der Waals surface area contributed by atoms with Crippen LogP contribution in [0, 0.1) is 0 Å². The number of ether oxygens (including phenoxy) is 1. The van der Waals surface area contributed by atoms with Gasteiger partial charge in [0, 0.05) is 0 Å². The van der Waals surface area contributed by atoms with Gasteiger partial charge in [-0.2, -0.15) is 0 Å². The number of carbonyl (C=O) groups excluding carboxylic acids is 2. The van der Waals surface area contributed by atoms with Gasteiger partial charge in [0.15, 0.2) is 0 Å². The molecule has 0 fully saturated rings. The van der Waals surface area contributed by atoms with Gasteiger partial charge in [-0.05, 0) is 12.8 Å². The Kier molecular flexibility index (Phi) is 5.67. The molecule has 0 heterocycles. The van der Waals surface area contributed by atoms with Crippen molar-refractivity contribution in [1.82, 2.24) is 5.32 Å². The summed E-state index contributed by atoms with van der Waals surface area (Å²) in [5, 5.41) is 2.37. The molecule has 0 radical (unpaired) electrons. The zero-order valence-electron chi connectivity index (χ0n) is 8.00. The van der Waals surface area contributed by atoms with Gasteiger partial charge in [-0.1, -0.05) is 13.8 Å². The summed E-state index contributed by atoms with van der Waals surface area (Å²) in [4.78, 5) is 21.6. The van der Waals surface area contributed by atoms with Crippen LogP contribution in [-0.4, -0.2) is 24.6 Å². The first-order chi connectivity index (χ1) is 6.11. The van der Waals surface area contributed by atoms with Crippen LogP contribution >= 0.6 is 0 Å². The number of carbonyl (C=O) groups is 2. The van der Waals surface area contributed by atoms with E-state index >= 15 is 0 Å². The Labute approximate surface area is 77.6 Å². The first-order valence-corrected chi connectivity index (χ1v) is 4.34. The Morgan fingerprint density at radius 3 is 2.46 bits per heavy atom. The predicted octanol–water partition coefficient (Wildman–Crippen LogP) is 0.386. The minimum Gasteiger partial charge on any atom is -0.450 e. The zero-order chi connectivity index (χ0) is 10.3. The Bertz CT molecular complexity index is 182. The number of hydrogen-bond donors (Lipinski definition) is 2. The van der Waals surface area contributed by atoms with E-state index in [9.17, 15) is 9.59 Å². The fourth-order valence-corrected chi connectivity index (χ4v) is 0.753. The van der Waals surface area contributed by atoms with Gasteiger partial charge in [-0.15, -0.1) is 0 Å². The van der Waals surface area contributed by atoms with E-state index in [-0.39, 0.29) is 0 Å². The highest BCUT2D eigenvalue weighted by molar-refractivity contribution is 5.84. The molecule has 0 saturated heterocycles. The molecular weight excluding hydrogens is 172 g/mol. The smallest absolute Gasteiger partial charge is 0.407 e. The van der Waals surface area contributed by atoms with E-state index in [4.69, 9.17) is 10.5 Å². The van der Waals surface area contributed by atoms with Gasteiger partial charge in [0.1, 0.15) is 6.04 Å². The van der Waals surface area contributed by atoms with Crippen LogP contribution in [0.3, 0.4) is 0 Å². The van der Waals surface area contributed by atoms with Crippen LogP contribution < -0.4 is 11.1 Å². The van der Waals surface area contributed by atoms with Crippen molar-refractivity contribution in [3.63, 3.8) is 0 Å². The van der Waals surface area contributed by atoms with Gasteiger partial charge in [0.25, 0.3) is 0 Å². The molecular formula is C8H16N2O3. The summed E-state index contributed by atoms with van der Waals surface area (Å²) in [6.45, 7) is 4.00. The normalized spacial score (nSPS) is 11.8. The van der Waals surface area contributed by atoms with Crippen molar-refractivity contribution in [3.8, 4) is 0 Å². The second-order valence-electron chi connectivity index (χ2n) is 2.64. The summed E-state index contributed by atoms with van der Waals surface area (Å²) in [5.74, 6) is -0.545. The van der Waals surface area contributed by atoms with Gasteiger partial charge in [0.05, 0.1) is 6.61 Å². The Balaban J connectivity index is 3.80. The molecule has 0 aliphatic rings. The van der Waals surface area contributed by atoms with E-state index in [0.717, 1.165) is 6.42 Å². The number of alkyl carbamates (subject to hydrolysis) is 1.